The molecule has 0 unspecified atom stereocenters. The summed E-state index contributed by atoms with van der Waals surface area (Å²) in [5.74, 6) is -0.270. The molecule has 0 aliphatic carbocycles. The molecule has 0 aromatic heterocycles. The van der Waals surface area contributed by atoms with Gasteiger partial charge in [0.2, 0.25) is 12.0 Å². The molecular weight excluding hydrogens is 154 g/mol. The Morgan fingerprint density at radius 1 is 1.42 bits per heavy atom. The van der Waals surface area contributed by atoms with Crippen molar-refractivity contribution in [2.24, 2.45) is 0 Å². The van der Waals surface area contributed by atoms with Crippen molar-refractivity contribution < 1.29 is 9.53 Å². The highest BCUT2D eigenvalue weighted by atomic mass is 16.5. The minimum absolute atomic E-state index is 0.270. The molecule has 0 aliphatic heterocycles. The van der Waals surface area contributed by atoms with Crippen molar-refractivity contribution in [1.29, 1.82) is 0 Å². The fourth-order valence-electron chi connectivity index (χ4n) is 0.842. The van der Waals surface area contributed by atoms with Gasteiger partial charge in [-0.3, -0.25) is 4.79 Å². The Morgan fingerprint density at radius 2 is 2.00 bits per heavy atom. The van der Waals surface area contributed by atoms with Crippen molar-refractivity contribution in [1.82, 2.24) is 0 Å². The molecule has 0 saturated heterocycles. The van der Waals surface area contributed by atoms with E-state index in [2.05, 4.69) is 0 Å². The van der Waals surface area contributed by atoms with E-state index in [1.165, 1.54) is 7.05 Å². The van der Waals surface area contributed by atoms with Crippen molar-refractivity contribution in [2.45, 2.75) is 0 Å². The standard InChI is InChI=1S/C9H9NO2/c1-10(12)7-9(11)8-5-3-2-4-6-8/h2-7H,1H3/b10-7-. The van der Waals surface area contributed by atoms with E-state index in [-0.39, 0.29) is 5.78 Å². The molecule has 0 amide bonds. The van der Waals surface area contributed by atoms with Crippen LogP contribution in [0.15, 0.2) is 30.3 Å². The fraction of sp³-hybridized carbons (Fsp3) is 0.111. The number of hydrogen-bond donors (Lipinski definition) is 0. The summed E-state index contributed by atoms with van der Waals surface area (Å²) in [5.41, 5.74) is 0.528. The van der Waals surface area contributed by atoms with Crippen LogP contribution in [0.2, 0.25) is 0 Å². The molecule has 0 fully saturated rings. The second-order valence-corrected chi connectivity index (χ2v) is 2.41. The SMILES string of the molecule is C/[N+]([O-])=C/C(=O)c1ccccc1. The van der Waals surface area contributed by atoms with Crippen molar-refractivity contribution >= 4 is 12.0 Å². The molecule has 0 radical (unpaired) electrons. The molecule has 12 heavy (non-hydrogen) atoms. The van der Waals surface area contributed by atoms with Gasteiger partial charge in [-0.2, -0.15) is 0 Å². The molecule has 1 aromatic rings. The van der Waals surface area contributed by atoms with Crippen LogP contribution in [0.4, 0.5) is 0 Å². The Bertz CT molecular complexity index is 300. The molecule has 62 valence electrons. The van der Waals surface area contributed by atoms with Crippen LogP contribution in [0, 0.1) is 5.21 Å². The number of carbonyl (C=O) groups excluding carboxylic acids is 1. The summed E-state index contributed by atoms with van der Waals surface area (Å²) in [5, 5.41) is 10.5. The van der Waals surface area contributed by atoms with Gasteiger partial charge in [0, 0.05) is 5.56 Å². The number of ketones is 1. The van der Waals surface area contributed by atoms with Crippen LogP contribution in [0.25, 0.3) is 0 Å². The highest BCUT2D eigenvalue weighted by Gasteiger charge is 2.03. The number of nitrogens with zero attached hydrogens (tertiary/aromatic N) is 1. The van der Waals surface area contributed by atoms with Crippen LogP contribution in [0.5, 0.6) is 0 Å². The summed E-state index contributed by atoms with van der Waals surface area (Å²) in [7, 11) is 1.28. The normalized spacial score (nSPS) is 11.2. The number of carbonyl (C=O) groups is 1. The first-order valence-electron chi connectivity index (χ1n) is 3.54. The van der Waals surface area contributed by atoms with Gasteiger partial charge < -0.3 is 5.21 Å². The maximum Gasteiger partial charge on any atom is 0.249 e. The summed E-state index contributed by atoms with van der Waals surface area (Å²) in [6.07, 6.45) is 1.01. The third-order valence-electron chi connectivity index (χ3n) is 1.36. The van der Waals surface area contributed by atoms with E-state index in [4.69, 9.17) is 0 Å². The lowest BCUT2D eigenvalue weighted by Crippen LogP contribution is -2.08. The van der Waals surface area contributed by atoms with Crippen molar-refractivity contribution in [3.8, 4) is 0 Å². The number of rotatable bonds is 2. The summed E-state index contributed by atoms with van der Waals surface area (Å²) in [4.78, 5) is 11.2. The first-order valence-corrected chi connectivity index (χ1v) is 3.54. The summed E-state index contributed by atoms with van der Waals surface area (Å²) in [6.45, 7) is 0. The molecule has 0 saturated carbocycles. The van der Waals surface area contributed by atoms with E-state index < -0.39 is 0 Å². The molecule has 0 atom stereocenters. The Balaban J connectivity index is 2.87. The first-order chi connectivity index (χ1) is 5.70. The van der Waals surface area contributed by atoms with Crippen LogP contribution in [-0.4, -0.2) is 23.8 Å². The Hall–Kier alpha value is -1.64. The zero-order chi connectivity index (χ0) is 8.97. The third kappa shape index (κ3) is 2.20. The van der Waals surface area contributed by atoms with Gasteiger partial charge in [-0.1, -0.05) is 30.3 Å². The van der Waals surface area contributed by atoms with E-state index in [9.17, 15) is 10.0 Å². The zero-order valence-electron chi connectivity index (χ0n) is 6.73. The van der Waals surface area contributed by atoms with Gasteiger partial charge in [0.25, 0.3) is 0 Å². The number of hydroxylamine groups is 1. The van der Waals surface area contributed by atoms with Crippen LogP contribution >= 0.6 is 0 Å². The van der Waals surface area contributed by atoms with Crippen LogP contribution in [-0.2, 0) is 0 Å². The van der Waals surface area contributed by atoms with Crippen LogP contribution in [0.1, 0.15) is 10.4 Å². The van der Waals surface area contributed by atoms with Gasteiger partial charge in [0.15, 0.2) is 0 Å². The van der Waals surface area contributed by atoms with Gasteiger partial charge in [0.05, 0.1) is 0 Å². The lowest BCUT2D eigenvalue weighted by Gasteiger charge is -1.94. The second-order valence-electron chi connectivity index (χ2n) is 2.41. The van der Waals surface area contributed by atoms with E-state index in [0.29, 0.717) is 10.3 Å². The van der Waals surface area contributed by atoms with Crippen LogP contribution < -0.4 is 0 Å². The van der Waals surface area contributed by atoms with E-state index in [1.807, 2.05) is 6.07 Å². The Kier molecular flexibility index (Phi) is 2.58. The average molecular weight is 163 g/mol. The minimum atomic E-state index is -0.270. The molecule has 0 spiro atoms. The highest BCUT2D eigenvalue weighted by Crippen LogP contribution is 1.97. The quantitative estimate of drug-likeness (QED) is 0.215. The molecular formula is C9H9NO2. The molecule has 0 bridgehead atoms. The fourth-order valence-corrected chi connectivity index (χ4v) is 0.842. The monoisotopic (exact) mass is 163 g/mol. The Labute approximate surface area is 70.5 Å². The van der Waals surface area contributed by atoms with E-state index >= 15 is 0 Å². The molecule has 3 heteroatoms. The topological polar surface area (TPSA) is 43.1 Å². The third-order valence-corrected chi connectivity index (χ3v) is 1.36. The first kappa shape index (κ1) is 8.46. The molecule has 0 heterocycles. The number of Topliss-reactive ketones (excluding diaryl/α,β-unsaturated/α-hetero) is 1. The maximum atomic E-state index is 11.2. The molecule has 1 aromatic carbocycles. The van der Waals surface area contributed by atoms with E-state index in [0.717, 1.165) is 6.21 Å². The Morgan fingerprint density at radius 3 is 2.50 bits per heavy atom. The number of benzene rings is 1. The molecule has 0 N–H and O–H groups in total. The molecule has 0 aliphatic rings. The van der Waals surface area contributed by atoms with Gasteiger partial charge in [-0.25, -0.2) is 4.74 Å². The lowest BCUT2D eigenvalue weighted by molar-refractivity contribution is -0.416. The van der Waals surface area contributed by atoms with Gasteiger partial charge >= 0.3 is 0 Å². The lowest BCUT2D eigenvalue weighted by atomic mass is 10.1. The van der Waals surface area contributed by atoms with Crippen molar-refractivity contribution in [2.75, 3.05) is 7.05 Å². The van der Waals surface area contributed by atoms with Crippen molar-refractivity contribution in [3.05, 3.63) is 41.1 Å². The second kappa shape index (κ2) is 3.67. The minimum Gasteiger partial charge on any atom is -0.624 e. The summed E-state index contributed by atoms with van der Waals surface area (Å²) >= 11 is 0. The smallest absolute Gasteiger partial charge is 0.249 e. The van der Waals surface area contributed by atoms with Gasteiger partial charge in [-0.15, -0.1) is 0 Å². The average Bonchev–Trinajstić information content (AvgIpc) is 2.05. The predicted molar refractivity (Wildman–Crippen MR) is 46.4 cm³/mol. The highest BCUT2D eigenvalue weighted by molar-refractivity contribution is 6.33. The summed E-state index contributed by atoms with van der Waals surface area (Å²) < 4.78 is 0.495. The molecule has 1 rings (SSSR count). The van der Waals surface area contributed by atoms with Crippen molar-refractivity contribution in [3.63, 3.8) is 0 Å². The largest absolute Gasteiger partial charge is 0.624 e. The maximum absolute atomic E-state index is 11.2. The number of hydrogen-bond acceptors (Lipinski definition) is 2. The van der Waals surface area contributed by atoms with Gasteiger partial charge in [0.1, 0.15) is 7.05 Å². The summed E-state index contributed by atoms with van der Waals surface area (Å²) in [6, 6.07) is 8.67. The van der Waals surface area contributed by atoms with Crippen LogP contribution in [0.3, 0.4) is 0 Å². The van der Waals surface area contributed by atoms with E-state index in [1.54, 1.807) is 24.3 Å². The predicted octanol–water partition coefficient (Wildman–Crippen LogP) is 1.08. The molecule has 3 nitrogen and oxygen atoms in total. The zero-order valence-corrected chi connectivity index (χ0v) is 6.73. The van der Waals surface area contributed by atoms with Gasteiger partial charge in [-0.05, 0) is 0 Å².